The van der Waals surface area contributed by atoms with Crippen molar-refractivity contribution in [2.75, 3.05) is 17.2 Å². The molecular formula is C26H28F3N3O4. The van der Waals surface area contributed by atoms with Crippen molar-refractivity contribution < 1.29 is 32.2 Å². The number of alkyl halides is 3. The van der Waals surface area contributed by atoms with Crippen LogP contribution in [0.3, 0.4) is 0 Å². The van der Waals surface area contributed by atoms with E-state index in [1.165, 1.54) is 18.3 Å². The highest BCUT2D eigenvalue weighted by Gasteiger charge is 2.31. The smallest absolute Gasteiger partial charge is 0.437 e. The third-order valence-corrected chi connectivity index (χ3v) is 5.07. The quantitative estimate of drug-likeness (QED) is 0.281. The first kappa shape index (κ1) is 26.8. The molecule has 0 aliphatic carbocycles. The summed E-state index contributed by atoms with van der Waals surface area (Å²) in [6, 6.07) is 14.8. The molecule has 3 aromatic rings. The number of para-hydroxylation sites is 1. The van der Waals surface area contributed by atoms with Crippen LogP contribution in [0.1, 0.15) is 39.2 Å². The molecule has 1 aromatic heterocycles. The zero-order valence-corrected chi connectivity index (χ0v) is 20.2. The summed E-state index contributed by atoms with van der Waals surface area (Å²) in [5.74, 6) is 0.302. The van der Waals surface area contributed by atoms with Crippen molar-refractivity contribution in [1.29, 1.82) is 0 Å². The van der Waals surface area contributed by atoms with Gasteiger partial charge >= 0.3 is 12.4 Å². The van der Waals surface area contributed by atoms with Gasteiger partial charge < -0.3 is 24.8 Å². The minimum atomic E-state index is -4.79. The van der Waals surface area contributed by atoms with E-state index in [2.05, 4.69) is 27.3 Å². The molecule has 0 atom stereocenters. The predicted octanol–water partition coefficient (Wildman–Crippen LogP) is 7.47. The Morgan fingerprint density at radius 2 is 1.69 bits per heavy atom. The van der Waals surface area contributed by atoms with Crippen molar-refractivity contribution in [1.82, 2.24) is 4.98 Å². The maximum Gasteiger partial charge on any atom is 0.573 e. The summed E-state index contributed by atoms with van der Waals surface area (Å²) in [5.41, 5.74) is 0.771. The molecule has 0 saturated carbocycles. The van der Waals surface area contributed by atoms with Crippen LogP contribution in [0.2, 0.25) is 0 Å². The highest BCUT2D eigenvalue weighted by molar-refractivity contribution is 6.00. The Bertz CT molecular complexity index is 1150. The lowest BCUT2D eigenvalue weighted by molar-refractivity contribution is -0.274. The molecule has 0 fully saturated rings. The monoisotopic (exact) mass is 503 g/mol. The number of carbonyl (C=O) groups excluding carboxylic acids is 1. The van der Waals surface area contributed by atoms with Crippen LogP contribution < -0.4 is 20.1 Å². The Kier molecular flexibility index (Phi) is 8.76. The number of anilines is 2. The Labute approximate surface area is 207 Å². The number of halogens is 3. The highest BCUT2D eigenvalue weighted by atomic mass is 19.4. The molecule has 3 rings (SSSR count). The van der Waals surface area contributed by atoms with Gasteiger partial charge in [-0.05, 0) is 62.7 Å². The molecule has 0 bridgehead atoms. The first-order valence-electron chi connectivity index (χ1n) is 11.4. The van der Waals surface area contributed by atoms with Gasteiger partial charge in [0, 0.05) is 24.1 Å². The van der Waals surface area contributed by atoms with E-state index in [1.54, 1.807) is 18.2 Å². The van der Waals surface area contributed by atoms with Gasteiger partial charge in [-0.25, -0.2) is 9.78 Å². The van der Waals surface area contributed by atoms with Crippen LogP contribution in [-0.4, -0.2) is 24.0 Å². The second-order valence-electron chi connectivity index (χ2n) is 8.32. The minimum Gasteiger partial charge on any atom is -0.437 e. The number of ether oxygens (including phenoxy) is 3. The summed E-state index contributed by atoms with van der Waals surface area (Å²) in [7, 11) is 0. The molecule has 2 amide bonds. The molecule has 7 nitrogen and oxygen atoms in total. The van der Waals surface area contributed by atoms with E-state index in [4.69, 9.17) is 9.47 Å². The second kappa shape index (κ2) is 11.8. The van der Waals surface area contributed by atoms with Crippen LogP contribution in [0.15, 0.2) is 66.9 Å². The van der Waals surface area contributed by atoms with Crippen LogP contribution in [0, 0.1) is 0 Å². The number of benzene rings is 2. The molecule has 0 unspecified atom stereocenters. The third-order valence-electron chi connectivity index (χ3n) is 5.07. The van der Waals surface area contributed by atoms with E-state index in [9.17, 15) is 18.0 Å². The van der Waals surface area contributed by atoms with Crippen LogP contribution >= 0.6 is 0 Å². The first-order chi connectivity index (χ1) is 17.1. The highest BCUT2D eigenvalue weighted by Crippen LogP contribution is 2.36. The lowest BCUT2D eigenvalue weighted by atomic mass is 9.97. The number of unbranched alkanes of at least 4 members (excludes halogenated alkanes) is 1. The first-order valence-corrected chi connectivity index (χ1v) is 11.4. The predicted molar refractivity (Wildman–Crippen MR) is 130 cm³/mol. The van der Waals surface area contributed by atoms with Crippen molar-refractivity contribution in [3.05, 3.63) is 72.4 Å². The maximum absolute atomic E-state index is 12.5. The van der Waals surface area contributed by atoms with Crippen molar-refractivity contribution >= 4 is 17.4 Å². The molecule has 2 N–H and O–H groups in total. The minimum absolute atomic E-state index is 0.165. The zero-order valence-electron chi connectivity index (χ0n) is 20.2. The van der Waals surface area contributed by atoms with E-state index in [0.29, 0.717) is 18.0 Å². The van der Waals surface area contributed by atoms with E-state index in [1.807, 2.05) is 32.0 Å². The molecular weight excluding hydrogens is 475 g/mol. The van der Waals surface area contributed by atoms with Gasteiger partial charge in [0.05, 0.1) is 5.60 Å². The number of urea groups is 1. The number of pyridine rings is 1. The molecule has 192 valence electrons. The average molecular weight is 504 g/mol. The van der Waals surface area contributed by atoms with Gasteiger partial charge in [-0.3, -0.25) is 0 Å². The molecule has 0 spiro atoms. The van der Waals surface area contributed by atoms with E-state index >= 15 is 0 Å². The molecule has 0 aliphatic rings. The fourth-order valence-corrected chi connectivity index (χ4v) is 3.30. The van der Waals surface area contributed by atoms with Gasteiger partial charge in [0.25, 0.3) is 0 Å². The van der Waals surface area contributed by atoms with Crippen molar-refractivity contribution in [2.45, 2.75) is 45.6 Å². The number of hydrogen-bond acceptors (Lipinski definition) is 5. The Hall–Kier alpha value is -3.79. The topological polar surface area (TPSA) is 81.7 Å². The molecule has 36 heavy (non-hydrogen) atoms. The van der Waals surface area contributed by atoms with Crippen molar-refractivity contribution in [3.8, 4) is 17.4 Å². The Morgan fingerprint density at radius 3 is 2.39 bits per heavy atom. The average Bonchev–Trinajstić information content (AvgIpc) is 2.81. The number of aromatic nitrogens is 1. The SMILES string of the molecule is CCCCOC(C)(C)c1ccccc1Oc1ncccc1NC(=O)Nc1ccc(OC(F)(F)F)cc1. The second-order valence-corrected chi connectivity index (χ2v) is 8.32. The van der Waals surface area contributed by atoms with Crippen molar-refractivity contribution in [2.24, 2.45) is 0 Å². The molecule has 0 aliphatic heterocycles. The summed E-state index contributed by atoms with van der Waals surface area (Å²) in [4.78, 5) is 16.8. The summed E-state index contributed by atoms with van der Waals surface area (Å²) in [6.45, 7) is 6.62. The van der Waals surface area contributed by atoms with E-state index in [0.717, 1.165) is 30.5 Å². The molecule has 1 heterocycles. The summed E-state index contributed by atoms with van der Waals surface area (Å²) < 4.78 is 53.0. The Morgan fingerprint density at radius 1 is 0.972 bits per heavy atom. The normalized spacial score (nSPS) is 11.6. The summed E-state index contributed by atoms with van der Waals surface area (Å²) in [5, 5.41) is 5.20. The van der Waals surface area contributed by atoms with Crippen LogP contribution in [0.5, 0.6) is 17.4 Å². The molecule has 0 radical (unpaired) electrons. The van der Waals surface area contributed by atoms with Crippen LogP contribution in [0.25, 0.3) is 0 Å². The largest absolute Gasteiger partial charge is 0.573 e. The summed E-state index contributed by atoms with van der Waals surface area (Å²) >= 11 is 0. The van der Waals surface area contributed by atoms with Crippen LogP contribution in [-0.2, 0) is 10.3 Å². The standard InChI is InChI=1S/C26H28F3N3O4/c1-4-5-17-34-25(2,3)20-9-6-7-11-22(20)35-23-21(10-8-16-30-23)32-24(33)31-18-12-14-19(15-13-18)36-26(27,28)29/h6-16H,4-5,17H2,1-3H3,(H2,31,32,33). The van der Waals surface area contributed by atoms with Gasteiger partial charge in [-0.1, -0.05) is 31.5 Å². The lowest BCUT2D eigenvalue weighted by Gasteiger charge is -2.28. The van der Waals surface area contributed by atoms with Gasteiger partial charge in [0.2, 0.25) is 5.88 Å². The van der Waals surface area contributed by atoms with Gasteiger partial charge in [-0.15, -0.1) is 13.2 Å². The maximum atomic E-state index is 12.5. The Balaban J connectivity index is 1.71. The van der Waals surface area contributed by atoms with E-state index < -0.39 is 23.7 Å². The van der Waals surface area contributed by atoms with E-state index in [-0.39, 0.29) is 11.6 Å². The molecule has 0 saturated heterocycles. The lowest BCUT2D eigenvalue weighted by Crippen LogP contribution is -2.23. The number of carbonyl (C=O) groups is 1. The number of hydrogen-bond donors (Lipinski definition) is 2. The number of nitrogens with zero attached hydrogens (tertiary/aromatic N) is 1. The zero-order chi connectivity index (χ0) is 26.2. The van der Waals surface area contributed by atoms with Gasteiger partial charge in [0.15, 0.2) is 0 Å². The van der Waals surface area contributed by atoms with Gasteiger partial charge in [-0.2, -0.15) is 0 Å². The van der Waals surface area contributed by atoms with Crippen LogP contribution in [0.4, 0.5) is 29.3 Å². The van der Waals surface area contributed by atoms with Gasteiger partial charge in [0.1, 0.15) is 17.2 Å². The van der Waals surface area contributed by atoms with Crippen molar-refractivity contribution in [3.63, 3.8) is 0 Å². The molecule has 10 heteroatoms. The third kappa shape index (κ3) is 7.88. The summed E-state index contributed by atoms with van der Waals surface area (Å²) in [6.07, 6.45) is -1.31. The number of rotatable bonds is 10. The fraction of sp³-hybridized carbons (Fsp3) is 0.308. The fourth-order valence-electron chi connectivity index (χ4n) is 3.30. The molecule has 2 aromatic carbocycles. The number of nitrogens with one attached hydrogen (secondary N) is 2. The number of amides is 2.